The number of hydrogen-bond acceptors (Lipinski definition) is 4. The van der Waals surface area contributed by atoms with Gasteiger partial charge in [-0.25, -0.2) is 4.39 Å². The Bertz CT molecular complexity index is 342. The maximum Gasteiger partial charge on any atom is 0.167 e. The van der Waals surface area contributed by atoms with E-state index in [1.165, 1.54) is 19.2 Å². The molecule has 4 nitrogen and oxygen atoms in total. The number of nitrogen functional groups attached to an aromatic ring is 1. The summed E-state index contributed by atoms with van der Waals surface area (Å²) in [6, 6.07) is 2.65. The molecule has 0 fully saturated rings. The van der Waals surface area contributed by atoms with Gasteiger partial charge < -0.3 is 20.9 Å². The van der Waals surface area contributed by atoms with Crippen molar-refractivity contribution < 1.29 is 14.2 Å². The third kappa shape index (κ3) is 2.99. The van der Waals surface area contributed by atoms with Gasteiger partial charge >= 0.3 is 0 Å². The van der Waals surface area contributed by atoms with Crippen LogP contribution in [-0.4, -0.2) is 24.9 Å². The minimum atomic E-state index is -0.502. The van der Waals surface area contributed by atoms with Gasteiger partial charge in [-0.2, -0.15) is 0 Å². The summed E-state index contributed by atoms with van der Waals surface area (Å²) < 4.78 is 18.0. The van der Waals surface area contributed by atoms with Gasteiger partial charge in [0.25, 0.3) is 0 Å². The number of rotatable bonds is 4. The number of halogens is 1. The Morgan fingerprint density at radius 3 is 2.80 bits per heavy atom. The van der Waals surface area contributed by atoms with Gasteiger partial charge in [0.2, 0.25) is 0 Å². The van der Waals surface area contributed by atoms with E-state index in [9.17, 15) is 4.39 Å². The number of aliphatic hydroxyl groups excluding tert-OH is 1. The van der Waals surface area contributed by atoms with E-state index in [1.807, 2.05) is 0 Å². The quantitative estimate of drug-likeness (QED) is 0.659. The van der Waals surface area contributed by atoms with Gasteiger partial charge in [-0.3, -0.25) is 0 Å². The van der Waals surface area contributed by atoms with Crippen LogP contribution in [0, 0.1) is 5.82 Å². The fraction of sp³-hybridized carbons (Fsp3) is 0.400. The standard InChI is InChI=1S/C10H15FN2O2/c1-6(14)5-13-9-4-10(15-2)7(11)3-8(9)12/h3-4,6,13-14H,5,12H2,1-2H3. The molecular formula is C10H15FN2O2. The highest BCUT2D eigenvalue weighted by atomic mass is 19.1. The minimum absolute atomic E-state index is 0.122. The maximum absolute atomic E-state index is 13.1. The summed E-state index contributed by atoms with van der Waals surface area (Å²) in [5.41, 5.74) is 6.43. The van der Waals surface area contributed by atoms with Gasteiger partial charge in [0.1, 0.15) is 0 Å². The number of nitrogens with one attached hydrogen (secondary N) is 1. The van der Waals surface area contributed by atoms with E-state index in [-0.39, 0.29) is 11.4 Å². The molecule has 0 bridgehead atoms. The first-order valence-electron chi connectivity index (χ1n) is 4.59. The highest BCUT2D eigenvalue weighted by Gasteiger charge is 2.08. The van der Waals surface area contributed by atoms with Crippen molar-refractivity contribution in [2.24, 2.45) is 0 Å². The lowest BCUT2D eigenvalue weighted by molar-refractivity contribution is 0.208. The van der Waals surface area contributed by atoms with Crippen LogP contribution in [0.2, 0.25) is 0 Å². The van der Waals surface area contributed by atoms with Crippen LogP contribution >= 0.6 is 0 Å². The Balaban J connectivity index is 2.87. The number of hydrogen-bond donors (Lipinski definition) is 3. The highest BCUT2D eigenvalue weighted by Crippen LogP contribution is 2.27. The summed E-state index contributed by atoms with van der Waals surface area (Å²) in [5.74, 6) is -0.380. The van der Waals surface area contributed by atoms with Gasteiger partial charge in [-0.05, 0) is 6.92 Å². The predicted octanol–water partition coefficient (Wildman–Crippen LogP) is 1.21. The first-order chi connectivity index (χ1) is 7.04. The number of benzene rings is 1. The molecule has 0 aliphatic heterocycles. The number of anilines is 2. The van der Waals surface area contributed by atoms with E-state index < -0.39 is 11.9 Å². The average molecular weight is 214 g/mol. The Morgan fingerprint density at radius 2 is 2.27 bits per heavy atom. The molecule has 84 valence electrons. The third-order valence-corrected chi connectivity index (χ3v) is 1.91. The van der Waals surface area contributed by atoms with Crippen LogP contribution < -0.4 is 15.8 Å². The van der Waals surface area contributed by atoms with Crippen LogP contribution in [0.3, 0.4) is 0 Å². The molecule has 0 saturated carbocycles. The molecule has 15 heavy (non-hydrogen) atoms. The molecule has 4 N–H and O–H groups in total. The van der Waals surface area contributed by atoms with Crippen molar-refractivity contribution in [2.45, 2.75) is 13.0 Å². The van der Waals surface area contributed by atoms with Gasteiger partial charge in [0, 0.05) is 18.7 Å². The molecule has 0 aliphatic rings. The molecule has 1 unspecified atom stereocenters. The lowest BCUT2D eigenvalue weighted by atomic mass is 10.2. The van der Waals surface area contributed by atoms with E-state index in [0.717, 1.165) is 0 Å². The Kier molecular flexibility index (Phi) is 3.74. The van der Waals surface area contributed by atoms with Crippen molar-refractivity contribution in [3.8, 4) is 5.75 Å². The number of aliphatic hydroxyl groups is 1. The number of ether oxygens (including phenoxy) is 1. The minimum Gasteiger partial charge on any atom is -0.494 e. The molecule has 1 aromatic carbocycles. The van der Waals surface area contributed by atoms with E-state index in [4.69, 9.17) is 15.6 Å². The summed E-state index contributed by atoms with van der Waals surface area (Å²) in [5, 5.41) is 12.0. The number of nitrogens with two attached hydrogens (primary N) is 1. The summed E-state index contributed by atoms with van der Waals surface area (Å²) in [7, 11) is 1.38. The van der Waals surface area contributed by atoms with E-state index in [2.05, 4.69) is 5.32 Å². The fourth-order valence-corrected chi connectivity index (χ4v) is 1.14. The summed E-state index contributed by atoms with van der Waals surface area (Å²) in [4.78, 5) is 0. The molecule has 5 heteroatoms. The van der Waals surface area contributed by atoms with Crippen molar-refractivity contribution in [1.29, 1.82) is 0 Å². The van der Waals surface area contributed by atoms with Crippen molar-refractivity contribution in [2.75, 3.05) is 24.7 Å². The van der Waals surface area contributed by atoms with Crippen molar-refractivity contribution in [3.63, 3.8) is 0 Å². The predicted molar refractivity (Wildman–Crippen MR) is 57.5 cm³/mol. The second kappa shape index (κ2) is 4.84. The topological polar surface area (TPSA) is 67.5 Å². The zero-order valence-electron chi connectivity index (χ0n) is 8.75. The Hall–Kier alpha value is -1.49. The van der Waals surface area contributed by atoms with Gasteiger partial charge in [0.15, 0.2) is 11.6 Å². The zero-order valence-corrected chi connectivity index (χ0v) is 8.75. The van der Waals surface area contributed by atoms with Gasteiger partial charge in [-0.1, -0.05) is 0 Å². The molecule has 0 aromatic heterocycles. The third-order valence-electron chi connectivity index (χ3n) is 1.91. The van der Waals surface area contributed by atoms with E-state index >= 15 is 0 Å². The molecule has 0 radical (unpaired) electrons. The average Bonchev–Trinajstić information content (AvgIpc) is 2.16. The van der Waals surface area contributed by atoms with Crippen LogP contribution in [0.25, 0.3) is 0 Å². The molecule has 0 heterocycles. The monoisotopic (exact) mass is 214 g/mol. The van der Waals surface area contributed by atoms with Crippen LogP contribution in [0.15, 0.2) is 12.1 Å². The van der Waals surface area contributed by atoms with Crippen LogP contribution in [-0.2, 0) is 0 Å². The zero-order chi connectivity index (χ0) is 11.4. The maximum atomic E-state index is 13.1. The van der Waals surface area contributed by atoms with Crippen LogP contribution in [0.1, 0.15) is 6.92 Å². The summed E-state index contributed by atoms with van der Waals surface area (Å²) >= 11 is 0. The van der Waals surface area contributed by atoms with Crippen LogP contribution in [0.5, 0.6) is 5.75 Å². The highest BCUT2D eigenvalue weighted by molar-refractivity contribution is 5.68. The Morgan fingerprint density at radius 1 is 1.60 bits per heavy atom. The smallest absolute Gasteiger partial charge is 0.167 e. The molecule has 0 aliphatic carbocycles. The second-order valence-electron chi connectivity index (χ2n) is 3.30. The first-order valence-corrected chi connectivity index (χ1v) is 4.59. The summed E-state index contributed by atoms with van der Waals surface area (Å²) in [6.45, 7) is 1.99. The lowest BCUT2D eigenvalue weighted by Crippen LogP contribution is -2.16. The van der Waals surface area contributed by atoms with Crippen molar-refractivity contribution >= 4 is 11.4 Å². The van der Waals surface area contributed by atoms with Crippen molar-refractivity contribution in [1.82, 2.24) is 0 Å². The fourth-order valence-electron chi connectivity index (χ4n) is 1.14. The second-order valence-corrected chi connectivity index (χ2v) is 3.30. The molecule has 1 atom stereocenters. The number of methoxy groups -OCH3 is 1. The molecule has 1 rings (SSSR count). The van der Waals surface area contributed by atoms with Crippen molar-refractivity contribution in [3.05, 3.63) is 17.9 Å². The molecular weight excluding hydrogens is 199 g/mol. The first kappa shape index (κ1) is 11.6. The van der Waals surface area contributed by atoms with E-state index in [1.54, 1.807) is 6.92 Å². The van der Waals surface area contributed by atoms with Gasteiger partial charge in [-0.15, -0.1) is 0 Å². The van der Waals surface area contributed by atoms with Crippen LogP contribution in [0.4, 0.5) is 15.8 Å². The van der Waals surface area contributed by atoms with Gasteiger partial charge in [0.05, 0.1) is 24.6 Å². The molecule has 0 saturated heterocycles. The summed E-state index contributed by atoms with van der Waals surface area (Å²) in [6.07, 6.45) is -0.500. The molecule has 0 spiro atoms. The largest absolute Gasteiger partial charge is 0.494 e. The SMILES string of the molecule is COc1cc(NCC(C)O)c(N)cc1F. The normalized spacial score (nSPS) is 12.3. The lowest BCUT2D eigenvalue weighted by Gasteiger charge is -2.12. The Labute approximate surface area is 87.9 Å². The molecule has 0 amide bonds. The molecule has 1 aromatic rings. The van der Waals surface area contributed by atoms with E-state index in [0.29, 0.717) is 12.2 Å².